The number of benzene rings is 1. The van der Waals surface area contributed by atoms with E-state index >= 15 is 0 Å². The number of hydrogen-bond acceptors (Lipinski definition) is 6. The predicted molar refractivity (Wildman–Crippen MR) is 84.3 cm³/mol. The van der Waals surface area contributed by atoms with Crippen LogP contribution < -0.4 is 16.2 Å². The molecule has 0 aliphatic heterocycles. The van der Waals surface area contributed by atoms with Crippen molar-refractivity contribution in [1.29, 1.82) is 0 Å². The van der Waals surface area contributed by atoms with Crippen LogP contribution in [-0.4, -0.2) is 44.4 Å². The van der Waals surface area contributed by atoms with Crippen molar-refractivity contribution in [2.24, 2.45) is 0 Å². The number of amides is 1. The molecule has 0 radical (unpaired) electrons. The molecular weight excluding hydrogens is 298 g/mol. The van der Waals surface area contributed by atoms with Crippen molar-refractivity contribution in [2.75, 3.05) is 18.4 Å². The second kappa shape index (κ2) is 6.26. The number of aryl methyl sites for hydroxylation is 1. The van der Waals surface area contributed by atoms with Gasteiger partial charge in [-0.05, 0) is 25.1 Å². The van der Waals surface area contributed by atoms with E-state index in [0.717, 1.165) is 0 Å². The fraction of sp³-hybridized carbons (Fsp3) is 0.214. The Morgan fingerprint density at radius 2 is 2.00 bits per heavy atom. The van der Waals surface area contributed by atoms with Crippen LogP contribution in [0.1, 0.15) is 16.1 Å². The third-order valence-electron chi connectivity index (χ3n) is 3.15. The van der Waals surface area contributed by atoms with Gasteiger partial charge in [0.05, 0.1) is 0 Å². The zero-order valence-electron chi connectivity index (χ0n) is 12.4. The Hall–Kier alpha value is -3.23. The first-order valence-electron chi connectivity index (χ1n) is 7.02. The molecule has 3 aromatic rings. The molecule has 1 aromatic carbocycles. The zero-order valence-corrected chi connectivity index (χ0v) is 12.4. The minimum absolute atomic E-state index is 0.206. The molecule has 118 valence electrons. The number of nitrogens with one attached hydrogen (secondary N) is 4. The monoisotopic (exact) mass is 313 g/mol. The Balaban J connectivity index is 1.53. The largest absolute Gasteiger partial charge is 0.354 e. The molecule has 2 heterocycles. The summed E-state index contributed by atoms with van der Waals surface area (Å²) in [6.45, 7) is 2.56. The van der Waals surface area contributed by atoms with Gasteiger partial charge in [-0.2, -0.15) is 15.4 Å². The SMILES string of the molecule is Cc1cc(=O)[nH]c(NCCNC(=O)c2ccc3n[nH]nc3c2)n1. The highest BCUT2D eigenvalue weighted by molar-refractivity contribution is 5.97. The van der Waals surface area contributed by atoms with E-state index in [2.05, 4.69) is 36.0 Å². The maximum atomic E-state index is 12.1. The molecule has 0 unspecified atom stereocenters. The number of fused-ring (bicyclic) bond motifs is 1. The Kier molecular flexibility index (Phi) is 4.00. The summed E-state index contributed by atoms with van der Waals surface area (Å²) < 4.78 is 0. The van der Waals surface area contributed by atoms with Gasteiger partial charge in [0.1, 0.15) is 11.0 Å². The summed E-state index contributed by atoms with van der Waals surface area (Å²) in [6.07, 6.45) is 0. The van der Waals surface area contributed by atoms with E-state index in [1.165, 1.54) is 6.07 Å². The van der Waals surface area contributed by atoms with Gasteiger partial charge in [0.2, 0.25) is 5.95 Å². The summed E-state index contributed by atoms with van der Waals surface area (Å²) in [7, 11) is 0. The number of anilines is 1. The summed E-state index contributed by atoms with van der Waals surface area (Å²) in [5.41, 5.74) is 2.26. The van der Waals surface area contributed by atoms with Crippen molar-refractivity contribution in [3.05, 3.63) is 45.9 Å². The fourth-order valence-electron chi connectivity index (χ4n) is 2.10. The highest BCUT2D eigenvalue weighted by Gasteiger charge is 2.07. The van der Waals surface area contributed by atoms with Gasteiger partial charge < -0.3 is 10.6 Å². The van der Waals surface area contributed by atoms with E-state index in [1.807, 2.05) is 0 Å². The topological polar surface area (TPSA) is 128 Å². The van der Waals surface area contributed by atoms with E-state index in [-0.39, 0.29) is 11.5 Å². The molecule has 23 heavy (non-hydrogen) atoms. The number of nitrogens with zero attached hydrogens (tertiary/aromatic N) is 3. The maximum absolute atomic E-state index is 12.1. The first-order valence-corrected chi connectivity index (χ1v) is 7.02. The quantitative estimate of drug-likeness (QED) is 0.498. The normalized spacial score (nSPS) is 10.7. The minimum Gasteiger partial charge on any atom is -0.354 e. The first-order chi connectivity index (χ1) is 11.1. The van der Waals surface area contributed by atoms with E-state index in [9.17, 15) is 9.59 Å². The second-order valence-electron chi connectivity index (χ2n) is 4.95. The molecule has 9 heteroatoms. The molecule has 9 nitrogen and oxygen atoms in total. The number of hydrogen-bond donors (Lipinski definition) is 4. The average molecular weight is 313 g/mol. The summed E-state index contributed by atoms with van der Waals surface area (Å²) >= 11 is 0. The third kappa shape index (κ3) is 3.51. The number of aromatic nitrogens is 5. The zero-order chi connectivity index (χ0) is 16.2. The van der Waals surface area contributed by atoms with E-state index in [0.29, 0.717) is 41.3 Å². The standard InChI is InChI=1S/C14H15N7O2/c1-8-6-12(22)18-14(17-8)16-5-4-15-13(23)9-2-3-10-11(7-9)20-21-19-10/h2-3,6-7H,4-5H2,1H3,(H,15,23)(H,19,20,21)(H2,16,17,18,22). The molecule has 0 saturated heterocycles. The van der Waals surface area contributed by atoms with Gasteiger partial charge >= 0.3 is 0 Å². The van der Waals surface area contributed by atoms with Gasteiger partial charge in [-0.15, -0.1) is 0 Å². The van der Waals surface area contributed by atoms with Crippen molar-refractivity contribution in [3.63, 3.8) is 0 Å². The van der Waals surface area contributed by atoms with Crippen molar-refractivity contribution in [3.8, 4) is 0 Å². The molecule has 0 aliphatic carbocycles. The molecule has 0 bridgehead atoms. The molecule has 2 aromatic heterocycles. The number of aromatic amines is 2. The molecule has 0 atom stereocenters. The van der Waals surface area contributed by atoms with Gasteiger partial charge in [0.25, 0.3) is 11.5 Å². The van der Waals surface area contributed by atoms with Gasteiger partial charge in [0, 0.05) is 30.4 Å². The van der Waals surface area contributed by atoms with Crippen LogP contribution in [-0.2, 0) is 0 Å². The molecule has 4 N–H and O–H groups in total. The lowest BCUT2D eigenvalue weighted by molar-refractivity contribution is 0.0955. The highest BCUT2D eigenvalue weighted by Crippen LogP contribution is 2.10. The molecule has 1 amide bonds. The molecule has 0 spiro atoms. The van der Waals surface area contributed by atoms with Gasteiger partial charge in [-0.25, -0.2) is 4.98 Å². The lowest BCUT2D eigenvalue weighted by atomic mass is 10.2. The van der Waals surface area contributed by atoms with E-state index < -0.39 is 0 Å². The van der Waals surface area contributed by atoms with Crippen molar-refractivity contribution < 1.29 is 4.79 Å². The average Bonchev–Trinajstić information content (AvgIpc) is 2.98. The molecular formula is C14H15N7O2. The Morgan fingerprint density at radius 3 is 2.83 bits per heavy atom. The number of rotatable bonds is 5. The number of carbonyl (C=O) groups excluding carboxylic acids is 1. The molecule has 0 fully saturated rings. The van der Waals surface area contributed by atoms with Gasteiger partial charge in [-0.3, -0.25) is 14.6 Å². The van der Waals surface area contributed by atoms with Gasteiger partial charge in [-0.1, -0.05) is 0 Å². The van der Waals surface area contributed by atoms with Crippen molar-refractivity contribution in [1.82, 2.24) is 30.7 Å². The Morgan fingerprint density at radius 1 is 1.17 bits per heavy atom. The fourth-order valence-corrected chi connectivity index (χ4v) is 2.10. The highest BCUT2D eigenvalue weighted by atomic mass is 16.1. The number of carbonyl (C=O) groups is 1. The van der Waals surface area contributed by atoms with Crippen LogP contribution in [0.5, 0.6) is 0 Å². The minimum atomic E-state index is -0.218. The lowest BCUT2D eigenvalue weighted by Crippen LogP contribution is -2.29. The summed E-state index contributed by atoms with van der Waals surface area (Å²) in [5, 5.41) is 16.1. The van der Waals surface area contributed by atoms with Crippen LogP contribution in [0.15, 0.2) is 29.1 Å². The Bertz CT molecular complexity index is 899. The van der Waals surface area contributed by atoms with Crippen LogP contribution in [0.4, 0.5) is 5.95 Å². The summed E-state index contributed by atoms with van der Waals surface area (Å²) in [5.74, 6) is 0.177. The third-order valence-corrected chi connectivity index (χ3v) is 3.15. The maximum Gasteiger partial charge on any atom is 0.252 e. The van der Waals surface area contributed by atoms with Crippen molar-refractivity contribution in [2.45, 2.75) is 6.92 Å². The summed E-state index contributed by atoms with van der Waals surface area (Å²) in [4.78, 5) is 30.1. The van der Waals surface area contributed by atoms with E-state index in [4.69, 9.17) is 0 Å². The lowest BCUT2D eigenvalue weighted by Gasteiger charge is -2.07. The Labute approximate surface area is 130 Å². The van der Waals surface area contributed by atoms with Crippen LogP contribution in [0.2, 0.25) is 0 Å². The molecule has 0 saturated carbocycles. The van der Waals surface area contributed by atoms with Crippen LogP contribution in [0.25, 0.3) is 11.0 Å². The summed E-state index contributed by atoms with van der Waals surface area (Å²) in [6, 6.07) is 6.49. The van der Waals surface area contributed by atoms with Crippen LogP contribution >= 0.6 is 0 Å². The predicted octanol–water partition coefficient (Wildman–Crippen LogP) is 0.192. The first kappa shape index (κ1) is 14.7. The smallest absolute Gasteiger partial charge is 0.252 e. The van der Waals surface area contributed by atoms with Gasteiger partial charge in [0.15, 0.2) is 0 Å². The second-order valence-corrected chi connectivity index (χ2v) is 4.95. The number of H-pyrrole nitrogens is 2. The molecule has 3 rings (SSSR count). The molecule has 0 aliphatic rings. The van der Waals surface area contributed by atoms with E-state index in [1.54, 1.807) is 25.1 Å². The van der Waals surface area contributed by atoms with Crippen molar-refractivity contribution >= 4 is 22.9 Å². The van der Waals surface area contributed by atoms with Crippen LogP contribution in [0.3, 0.4) is 0 Å². The van der Waals surface area contributed by atoms with Crippen LogP contribution in [0, 0.1) is 6.92 Å².